The van der Waals surface area contributed by atoms with E-state index in [2.05, 4.69) is 10.6 Å². The number of alkyl carbamates (subject to hydrolysis) is 1. The highest BCUT2D eigenvalue weighted by Crippen LogP contribution is 2.65. The Hall–Kier alpha value is -7.90. The molecule has 3 aliphatic carbocycles. The molecule has 89 heavy (non-hydrogen) atoms. The van der Waals surface area contributed by atoms with Crippen molar-refractivity contribution in [3.63, 3.8) is 0 Å². The summed E-state index contributed by atoms with van der Waals surface area (Å²) in [6, 6.07) is 32.0. The van der Waals surface area contributed by atoms with Gasteiger partial charge in [0.15, 0.2) is 23.6 Å². The Bertz CT molecular complexity index is 3150. The number of fused-ring (bicyclic) bond motifs is 5. The Morgan fingerprint density at radius 1 is 0.685 bits per heavy atom. The van der Waals surface area contributed by atoms with Crippen LogP contribution in [0.2, 0.25) is 0 Å². The molecule has 3 fully saturated rings. The zero-order chi connectivity index (χ0) is 63.9. The zero-order valence-corrected chi connectivity index (χ0v) is 50.7. The average molecular weight is 1240 g/mol. The fourth-order valence-electron chi connectivity index (χ4n) is 12.5. The molecule has 1 aliphatic heterocycles. The zero-order valence-electron chi connectivity index (χ0n) is 50.7. The molecular weight excluding hydrogens is 1160 g/mol. The second kappa shape index (κ2) is 30.1. The minimum absolute atomic E-state index is 0.0179. The van der Waals surface area contributed by atoms with Crippen LogP contribution in [0.3, 0.4) is 0 Å². The van der Waals surface area contributed by atoms with Crippen molar-refractivity contribution < 1.29 is 101 Å². The Labute approximate surface area is 515 Å². The maximum atomic E-state index is 16.3. The molecule has 4 aromatic carbocycles. The van der Waals surface area contributed by atoms with Crippen molar-refractivity contribution in [3.8, 4) is 0 Å². The molecule has 11 atom stereocenters. The summed E-state index contributed by atoms with van der Waals surface area (Å²) in [5, 5.41) is 31.5. The number of hydrogen-bond donors (Lipinski definition) is 4. The summed E-state index contributed by atoms with van der Waals surface area (Å²) in [7, 11) is 0. The van der Waals surface area contributed by atoms with E-state index in [-0.39, 0.29) is 101 Å². The number of nitrogens with one attached hydrogen (secondary N) is 2. The highest BCUT2D eigenvalue weighted by Gasteiger charge is 2.79. The first-order chi connectivity index (χ1) is 42.6. The molecule has 478 valence electrons. The standard InChI is InChI=1S/C66H78N2O21/c1-41-48(86-61(76)54(72)53(45-21-13-8-14-22-45)68-59(74)46-23-15-9-16-24-46)38-66(78)58(88-60(75)47-25-17-10-18-26-47)56-64(6,57(73)55(85-42(2)69)52(41)63(66,4)5)49(37-50-65(56,40-84-50)89-43(3)70)87-51(71)27-29-79-31-33-81-35-36-82-34-32-80-30-28-67-62(77)83-39-44-19-11-7-12-20-44/h7-26,48-50,53-56,58,72,78H,27-40H2,1-6H3,(H,67,77)(H,68,74)/t48-,49-,50+,53-,54+,55+,56?,58-,64+,65-,66+/m0/s1. The normalized spacial score (nSPS) is 25.6. The van der Waals surface area contributed by atoms with Gasteiger partial charge in [-0.3, -0.25) is 24.0 Å². The number of carbonyl (C=O) groups excluding carboxylic acids is 8. The lowest BCUT2D eigenvalue weighted by molar-refractivity contribution is -0.346. The number of aliphatic hydroxyl groups is 2. The molecule has 0 radical (unpaired) electrons. The van der Waals surface area contributed by atoms with E-state index in [1.54, 1.807) is 92.7 Å². The molecule has 1 saturated heterocycles. The van der Waals surface area contributed by atoms with Crippen molar-refractivity contribution in [3.05, 3.63) is 155 Å². The molecule has 0 aromatic heterocycles. The molecule has 23 heteroatoms. The first kappa shape index (κ1) is 67.0. The molecule has 1 unspecified atom stereocenters. The monoisotopic (exact) mass is 1230 g/mol. The third-order valence-electron chi connectivity index (χ3n) is 17.0. The summed E-state index contributed by atoms with van der Waals surface area (Å²) in [4.78, 5) is 112. The number of rotatable bonds is 28. The number of aliphatic hydroxyl groups excluding tert-OH is 1. The van der Waals surface area contributed by atoms with Crippen LogP contribution in [-0.4, -0.2) is 172 Å². The van der Waals surface area contributed by atoms with Gasteiger partial charge in [0.05, 0.1) is 88.8 Å². The van der Waals surface area contributed by atoms with Crippen molar-refractivity contribution >= 4 is 47.6 Å². The summed E-state index contributed by atoms with van der Waals surface area (Å²) in [5.41, 5.74) is -6.86. The lowest BCUT2D eigenvalue weighted by atomic mass is 9.44. The van der Waals surface area contributed by atoms with E-state index in [0.29, 0.717) is 5.56 Å². The van der Waals surface area contributed by atoms with Crippen molar-refractivity contribution in [2.24, 2.45) is 16.7 Å². The van der Waals surface area contributed by atoms with E-state index in [9.17, 15) is 43.8 Å². The lowest BCUT2D eigenvalue weighted by Gasteiger charge is -2.67. The SMILES string of the molecule is CC(=O)O[C@H]1C(=O)[C@@]2(C)C([C@H](OC(=O)c3ccccc3)[C@]3(O)C[C@H](OC(=O)[C@H](O)[C@@H](NC(=O)c4ccccc4)c4ccccc4)C(C)=C1C3(C)C)[C@]1(OC(C)=O)CO[C@@H]1C[C@@H]2OC(=O)CCOCCOCCOCCOCCNC(=O)OCc1ccccc1. The minimum Gasteiger partial charge on any atom is -0.461 e. The number of ether oxygens (including phenoxy) is 11. The Morgan fingerprint density at radius 2 is 1.25 bits per heavy atom. The second-order valence-corrected chi connectivity index (χ2v) is 23.0. The molecule has 23 nitrogen and oxygen atoms in total. The number of benzene rings is 4. The van der Waals surface area contributed by atoms with Crippen molar-refractivity contribution in [2.45, 2.75) is 121 Å². The van der Waals surface area contributed by atoms with Gasteiger partial charge < -0.3 is 73.0 Å². The topological polar surface area (TPSA) is 303 Å². The average Bonchev–Trinajstić information content (AvgIpc) is 0.672. The summed E-state index contributed by atoms with van der Waals surface area (Å²) < 4.78 is 65.0. The summed E-state index contributed by atoms with van der Waals surface area (Å²) in [5.74, 6) is -8.10. The second-order valence-electron chi connectivity index (χ2n) is 23.0. The van der Waals surface area contributed by atoms with Gasteiger partial charge in [-0.05, 0) is 60.4 Å². The first-order valence-electron chi connectivity index (χ1n) is 29.6. The molecule has 0 spiro atoms. The summed E-state index contributed by atoms with van der Waals surface area (Å²) in [6.07, 6.45) is -12.0. The van der Waals surface area contributed by atoms with Crippen LogP contribution in [0.1, 0.15) is 98.7 Å². The van der Waals surface area contributed by atoms with Crippen LogP contribution >= 0.6 is 0 Å². The van der Waals surface area contributed by atoms with Crippen LogP contribution in [0.25, 0.3) is 0 Å². The maximum absolute atomic E-state index is 16.3. The van der Waals surface area contributed by atoms with Gasteiger partial charge in [-0.1, -0.05) is 111 Å². The van der Waals surface area contributed by atoms with Crippen LogP contribution in [0.15, 0.2) is 132 Å². The van der Waals surface area contributed by atoms with E-state index in [1.165, 1.54) is 26.0 Å². The van der Waals surface area contributed by atoms with E-state index in [1.807, 2.05) is 30.3 Å². The molecule has 4 aromatic rings. The van der Waals surface area contributed by atoms with Crippen molar-refractivity contribution in [1.29, 1.82) is 0 Å². The molecule has 4 N–H and O–H groups in total. The predicted octanol–water partition coefficient (Wildman–Crippen LogP) is 5.67. The molecule has 2 amide bonds. The fraction of sp³-hybridized carbons (Fsp3) is 0.485. The molecule has 1 heterocycles. The molecule has 8 rings (SSSR count). The number of Topliss-reactive ketones (excluding diaryl/α,β-unsaturated/α-hetero) is 1. The fourth-order valence-corrected chi connectivity index (χ4v) is 12.5. The number of hydrogen-bond acceptors (Lipinski definition) is 21. The van der Waals surface area contributed by atoms with Crippen molar-refractivity contribution in [2.75, 3.05) is 66.0 Å². The molecular formula is C66H78N2O21. The third kappa shape index (κ3) is 15.4. The lowest BCUT2D eigenvalue weighted by Crippen LogP contribution is -2.82. The number of esters is 5. The highest BCUT2D eigenvalue weighted by atomic mass is 16.6. The van der Waals surface area contributed by atoms with Gasteiger partial charge in [0.25, 0.3) is 5.91 Å². The summed E-state index contributed by atoms with van der Waals surface area (Å²) in [6.45, 7) is 9.62. The molecule has 2 saturated carbocycles. The molecule has 4 aliphatic rings. The largest absolute Gasteiger partial charge is 0.461 e. The smallest absolute Gasteiger partial charge is 0.407 e. The number of ketones is 1. The van der Waals surface area contributed by atoms with Crippen LogP contribution in [0.4, 0.5) is 4.79 Å². The van der Waals surface area contributed by atoms with Gasteiger partial charge in [0.2, 0.25) is 0 Å². The van der Waals surface area contributed by atoms with E-state index < -0.39 is 131 Å². The van der Waals surface area contributed by atoms with Crippen LogP contribution < -0.4 is 10.6 Å². The quantitative estimate of drug-likeness (QED) is 0.0230. The van der Waals surface area contributed by atoms with Crippen LogP contribution in [0, 0.1) is 16.7 Å². The maximum Gasteiger partial charge on any atom is 0.407 e. The Morgan fingerprint density at radius 3 is 1.82 bits per heavy atom. The first-order valence-corrected chi connectivity index (χ1v) is 29.6. The van der Waals surface area contributed by atoms with Gasteiger partial charge in [0.1, 0.15) is 36.6 Å². The predicted molar refractivity (Wildman–Crippen MR) is 314 cm³/mol. The Balaban J connectivity index is 0.998. The van der Waals surface area contributed by atoms with Gasteiger partial charge >= 0.3 is 35.9 Å². The molecule has 2 bridgehead atoms. The minimum atomic E-state index is -2.51. The van der Waals surface area contributed by atoms with E-state index in [0.717, 1.165) is 19.4 Å². The summed E-state index contributed by atoms with van der Waals surface area (Å²) >= 11 is 0. The third-order valence-corrected chi connectivity index (χ3v) is 17.0. The van der Waals surface area contributed by atoms with Crippen molar-refractivity contribution in [1.82, 2.24) is 10.6 Å². The number of amides is 2. The van der Waals surface area contributed by atoms with E-state index in [4.69, 9.17) is 52.1 Å². The highest BCUT2D eigenvalue weighted by molar-refractivity contribution is 5.96. The van der Waals surface area contributed by atoms with E-state index >= 15 is 4.79 Å². The van der Waals surface area contributed by atoms with Gasteiger partial charge in [-0.25, -0.2) is 14.4 Å². The van der Waals surface area contributed by atoms with Gasteiger partial charge in [-0.2, -0.15) is 0 Å². The van der Waals surface area contributed by atoms with Crippen LogP contribution in [0.5, 0.6) is 0 Å². The Kier molecular flexibility index (Phi) is 22.7. The number of carbonyl (C=O) groups is 8. The van der Waals surface area contributed by atoms with Gasteiger partial charge in [-0.15, -0.1) is 0 Å². The van der Waals surface area contributed by atoms with Crippen LogP contribution in [-0.2, 0) is 82.7 Å². The van der Waals surface area contributed by atoms with Gasteiger partial charge in [0, 0.05) is 44.2 Å².